The summed E-state index contributed by atoms with van der Waals surface area (Å²) in [4.78, 5) is 11.2. The van der Waals surface area contributed by atoms with Gasteiger partial charge in [-0.1, -0.05) is 5.22 Å². The van der Waals surface area contributed by atoms with Gasteiger partial charge in [0.25, 0.3) is 0 Å². The van der Waals surface area contributed by atoms with Crippen LogP contribution in [-0.2, 0) is 17.9 Å². The van der Waals surface area contributed by atoms with Crippen molar-refractivity contribution < 1.29 is 13.6 Å². The van der Waals surface area contributed by atoms with E-state index in [1.54, 1.807) is 6.20 Å². The van der Waals surface area contributed by atoms with Crippen LogP contribution in [0.1, 0.15) is 18.1 Å². The number of aromatic nitrogens is 2. The lowest BCUT2D eigenvalue weighted by Crippen LogP contribution is -2.23. The summed E-state index contributed by atoms with van der Waals surface area (Å²) in [6, 6.07) is 3.30. The topological polar surface area (TPSA) is 62.9 Å². The fraction of sp³-hybridized carbons (Fsp3) is 0.231. The first kappa shape index (κ1) is 13.3. The molecule has 2 aromatic rings. The standard InChI is InChI=1S/C13H11F2N5O/c1-8(21)20-7-10-6-19(17-13(10)16-18-20)5-9-2-11(14)4-12(15)3-9/h2-4,6H,5,7H2,1H3. The number of hydrogen-bond acceptors (Lipinski definition) is 4. The Bertz CT molecular complexity index is 720. The highest BCUT2D eigenvalue weighted by molar-refractivity contribution is 5.73. The second-order valence-electron chi connectivity index (χ2n) is 4.72. The van der Waals surface area contributed by atoms with Crippen LogP contribution < -0.4 is 0 Å². The van der Waals surface area contributed by atoms with Gasteiger partial charge < -0.3 is 0 Å². The van der Waals surface area contributed by atoms with Crippen molar-refractivity contribution >= 4 is 11.7 Å². The van der Waals surface area contributed by atoms with Gasteiger partial charge in [0.1, 0.15) is 11.6 Å². The second-order valence-corrected chi connectivity index (χ2v) is 4.72. The highest BCUT2D eigenvalue weighted by Gasteiger charge is 2.19. The Labute approximate surface area is 118 Å². The molecule has 0 bridgehead atoms. The first-order chi connectivity index (χ1) is 10.0. The summed E-state index contributed by atoms with van der Waals surface area (Å²) in [5, 5.41) is 13.0. The molecule has 0 spiro atoms. The summed E-state index contributed by atoms with van der Waals surface area (Å²) < 4.78 is 27.8. The summed E-state index contributed by atoms with van der Waals surface area (Å²) in [5.41, 5.74) is 1.18. The number of hydrogen-bond donors (Lipinski definition) is 0. The van der Waals surface area contributed by atoms with Crippen LogP contribution in [0.2, 0.25) is 0 Å². The zero-order valence-electron chi connectivity index (χ0n) is 11.1. The third kappa shape index (κ3) is 2.78. The predicted molar refractivity (Wildman–Crippen MR) is 68.4 cm³/mol. The Hall–Kier alpha value is -2.64. The molecule has 1 aromatic heterocycles. The third-order valence-corrected chi connectivity index (χ3v) is 3.01. The smallest absolute Gasteiger partial charge is 0.241 e. The van der Waals surface area contributed by atoms with Crippen LogP contribution in [0.3, 0.4) is 0 Å². The number of nitrogens with zero attached hydrogens (tertiary/aromatic N) is 5. The van der Waals surface area contributed by atoms with Crippen LogP contribution in [0.25, 0.3) is 0 Å². The quantitative estimate of drug-likeness (QED) is 0.853. The Morgan fingerprint density at radius 2 is 2.00 bits per heavy atom. The molecular weight excluding hydrogens is 280 g/mol. The van der Waals surface area contributed by atoms with E-state index < -0.39 is 11.6 Å². The van der Waals surface area contributed by atoms with Gasteiger partial charge in [0.05, 0.1) is 13.1 Å². The number of halogens is 2. The van der Waals surface area contributed by atoms with Gasteiger partial charge in [-0.15, -0.1) is 5.11 Å². The van der Waals surface area contributed by atoms with Crippen molar-refractivity contribution in [1.82, 2.24) is 14.8 Å². The van der Waals surface area contributed by atoms with E-state index in [0.717, 1.165) is 11.6 Å². The predicted octanol–water partition coefficient (Wildman–Crippen LogP) is 2.57. The molecule has 1 aliphatic rings. The van der Waals surface area contributed by atoms with Crippen molar-refractivity contribution in [3.8, 4) is 0 Å². The largest absolute Gasteiger partial charge is 0.273 e. The second kappa shape index (κ2) is 5.04. The molecule has 0 aliphatic carbocycles. The lowest BCUT2D eigenvalue weighted by atomic mass is 10.2. The van der Waals surface area contributed by atoms with E-state index in [9.17, 15) is 13.6 Å². The first-order valence-electron chi connectivity index (χ1n) is 6.22. The van der Waals surface area contributed by atoms with Gasteiger partial charge in [0.2, 0.25) is 11.7 Å². The molecule has 0 saturated heterocycles. The third-order valence-electron chi connectivity index (χ3n) is 3.01. The molecule has 0 unspecified atom stereocenters. The summed E-state index contributed by atoms with van der Waals surface area (Å²) >= 11 is 0. The van der Waals surface area contributed by atoms with Crippen molar-refractivity contribution in [2.45, 2.75) is 20.0 Å². The molecule has 0 fully saturated rings. The van der Waals surface area contributed by atoms with Gasteiger partial charge in [0, 0.05) is 24.8 Å². The van der Waals surface area contributed by atoms with Crippen LogP contribution in [0.4, 0.5) is 14.6 Å². The zero-order valence-corrected chi connectivity index (χ0v) is 11.1. The summed E-state index contributed by atoms with van der Waals surface area (Å²) in [7, 11) is 0. The van der Waals surface area contributed by atoms with Crippen molar-refractivity contribution in [3.63, 3.8) is 0 Å². The minimum absolute atomic E-state index is 0.206. The van der Waals surface area contributed by atoms with Crippen LogP contribution in [-0.4, -0.2) is 20.7 Å². The Morgan fingerprint density at radius 1 is 1.29 bits per heavy atom. The number of fused-ring (bicyclic) bond motifs is 1. The molecule has 1 aromatic carbocycles. The fourth-order valence-corrected chi connectivity index (χ4v) is 2.08. The number of carbonyl (C=O) groups excluding carboxylic acids is 1. The van der Waals surface area contributed by atoms with Crippen molar-refractivity contribution in [1.29, 1.82) is 0 Å². The van der Waals surface area contributed by atoms with E-state index in [-0.39, 0.29) is 19.0 Å². The molecule has 6 nitrogen and oxygen atoms in total. The van der Waals surface area contributed by atoms with E-state index >= 15 is 0 Å². The highest BCUT2D eigenvalue weighted by atomic mass is 19.1. The molecule has 0 radical (unpaired) electrons. The van der Waals surface area contributed by atoms with E-state index in [1.807, 2.05) is 0 Å². The van der Waals surface area contributed by atoms with Gasteiger partial charge in [0.15, 0.2) is 0 Å². The highest BCUT2D eigenvalue weighted by Crippen LogP contribution is 2.24. The van der Waals surface area contributed by atoms with Gasteiger partial charge in [-0.2, -0.15) is 5.10 Å². The SMILES string of the molecule is CC(=O)N1Cc2cn(Cc3cc(F)cc(F)c3)nc2N=N1. The number of amides is 1. The Balaban J connectivity index is 1.83. The molecule has 3 rings (SSSR count). The molecule has 1 aliphatic heterocycles. The maximum atomic E-state index is 13.2. The normalized spacial score (nSPS) is 13.4. The van der Waals surface area contributed by atoms with Gasteiger partial charge in [-0.05, 0) is 17.7 Å². The fourth-order valence-electron chi connectivity index (χ4n) is 2.08. The van der Waals surface area contributed by atoms with Gasteiger partial charge >= 0.3 is 0 Å². The molecular formula is C13H11F2N5O. The van der Waals surface area contributed by atoms with Crippen molar-refractivity contribution in [2.24, 2.45) is 10.3 Å². The number of carbonyl (C=O) groups is 1. The van der Waals surface area contributed by atoms with Crippen molar-refractivity contribution in [3.05, 3.63) is 47.2 Å². The van der Waals surface area contributed by atoms with E-state index in [1.165, 1.54) is 28.7 Å². The number of rotatable bonds is 2. The molecule has 0 saturated carbocycles. The Kier molecular flexibility index (Phi) is 3.20. The monoisotopic (exact) mass is 291 g/mol. The van der Waals surface area contributed by atoms with Gasteiger partial charge in [-0.25, -0.2) is 13.8 Å². The van der Waals surface area contributed by atoms with Crippen molar-refractivity contribution in [2.75, 3.05) is 0 Å². The van der Waals surface area contributed by atoms with Crippen LogP contribution in [0, 0.1) is 11.6 Å². The minimum atomic E-state index is -0.635. The van der Waals surface area contributed by atoms with Gasteiger partial charge in [-0.3, -0.25) is 9.48 Å². The summed E-state index contributed by atoms with van der Waals surface area (Å²) in [6.07, 6.45) is 1.69. The average Bonchev–Trinajstić information content (AvgIpc) is 2.78. The average molecular weight is 291 g/mol. The molecule has 108 valence electrons. The van der Waals surface area contributed by atoms with E-state index in [0.29, 0.717) is 11.4 Å². The molecule has 21 heavy (non-hydrogen) atoms. The zero-order chi connectivity index (χ0) is 15.0. The molecule has 8 heteroatoms. The van der Waals surface area contributed by atoms with Crippen LogP contribution in [0.5, 0.6) is 0 Å². The van der Waals surface area contributed by atoms with Crippen LogP contribution in [0.15, 0.2) is 34.7 Å². The molecule has 2 heterocycles. The summed E-state index contributed by atoms with van der Waals surface area (Å²) in [6.45, 7) is 1.88. The van der Waals surface area contributed by atoms with E-state index in [2.05, 4.69) is 15.4 Å². The lowest BCUT2D eigenvalue weighted by molar-refractivity contribution is -0.130. The summed E-state index contributed by atoms with van der Waals surface area (Å²) in [5.74, 6) is -1.08. The van der Waals surface area contributed by atoms with E-state index in [4.69, 9.17) is 0 Å². The first-order valence-corrected chi connectivity index (χ1v) is 6.22. The molecule has 0 atom stereocenters. The molecule has 1 amide bonds. The molecule has 0 N–H and O–H groups in total. The minimum Gasteiger partial charge on any atom is -0.273 e. The number of benzene rings is 1. The maximum absolute atomic E-state index is 13.2. The lowest BCUT2D eigenvalue weighted by Gasteiger charge is -2.15. The maximum Gasteiger partial charge on any atom is 0.241 e. The van der Waals surface area contributed by atoms with Crippen LogP contribution >= 0.6 is 0 Å². The Morgan fingerprint density at radius 3 is 2.67 bits per heavy atom.